The number of carbonyl (C=O) groups is 1. The van der Waals surface area contributed by atoms with Crippen LogP contribution in [0.5, 0.6) is 0 Å². The number of carbonyl (C=O) groups excluding carboxylic acids is 1. The molecule has 0 amide bonds. The molecule has 2 aromatic rings. The summed E-state index contributed by atoms with van der Waals surface area (Å²) in [5, 5.41) is 7.97. The molecular formula is C20H22N2O3. The molecule has 0 aliphatic rings. The van der Waals surface area contributed by atoms with Gasteiger partial charge in [-0.3, -0.25) is 4.79 Å². The van der Waals surface area contributed by atoms with E-state index < -0.39 is 0 Å². The molecule has 0 bridgehead atoms. The van der Waals surface area contributed by atoms with Crippen LogP contribution < -0.4 is 0 Å². The largest absolute Gasteiger partial charge is 0.399 e. The van der Waals surface area contributed by atoms with Crippen molar-refractivity contribution in [2.24, 2.45) is 10.3 Å². The van der Waals surface area contributed by atoms with Gasteiger partial charge >= 0.3 is 0 Å². The number of nitrogens with zero attached hydrogens (tertiary/aromatic N) is 2. The molecule has 0 aromatic heterocycles. The summed E-state index contributed by atoms with van der Waals surface area (Å²) in [6.45, 7) is 6.13. The number of aldehydes is 1. The predicted molar refractivity (Wildman–Crippen MR) is 99.0 cm³/mol. The number of benzene rings is 2. The van der Waals surface area contributed by atoms with Gasteiger partial charge in [0.2, 0.25) is 0 Å². The quantitative estimate of drug-likeness (QED) is 0.438. The Morgan fingerprint density at radius 2 is 1.88 bits per heavy atom. The minimum Gasteiger partial charge on any atom is -0.399 e. The van der Waals surface area contributed by atoms with Crippen LogP contribution in [0, 0.1) is 13.8 Å². The summed E-state index contributed by atoms with van der Waals surface area (Å²) < 4.78 is 0. The standard InChI is InChI=1S/C20H22N2O3/c1-14-7-5-9-17(11-14)16(3)21-25-13-19-15(2)8-6-10-18(19)20(12-23)22-24-4/h5-12H,13H2,1-4H3/b21-16+,22-20-. The lowest BCUT2D eigenvalue weighted by atomic mass is 9.99. The minimum absolute atomic E-state index is 0.226. The van der Waals surface area contributed by atoms with Crippen molar-refractivity contribution in [3.8, 4) is 0 Å². The van der Waals surface area contributed by atoms with E-state index in [1.807, 2.05) is 57.2 Å². The Hall–Kier alpha value is -2.95. The average molecular weight is 338 g/mol. The highest BCUT2D eigenvalue weighted by Crippen LogP contribution is 2.17. The number of aryl methyl sites for hydroxylation is 2. The predicted octanol–water partition coefficient (Wildman–Crippen LogP) is 3.79. The Morgan fingerprint density at radius 1 is 1.12 bits per heavy atom. The topological polar surface area (TPSA) is 60.2 Å². The van der Waals surface area contributed by atoms with Crippen molar-refractivity contribution in [2.45, 2.75) is 27.4 Å². The lowest BCUT2D eigenvalue weighted by Gasteiger charge is -2.11. The van der Waals surface area contributed by atoms with Gasteiger partial charge in [-0.1, -0.05) is 58.3 Å². The van der Waals surface area contributed by atoms with Crippen molar-refractivity contribution in [1.82, 2.24) is 0 Å². The first-order valence-corrected chi connectivity index (χ1v) is 7.95. The Morgan fingerprint density at radius 3 is 2.56 bits per heavy atom. The van der Waals surface area contributed by atoms with Crippen LogP contribution in [0.15, 0.2) is 52.8 Å². The van der Waals surface area contributed by atoms with Gasteiger partial charge in [0.25, 0.3) is 0 Å². The van der Waals surface area contributed by atoms with Crippen LogP contribution in [-0.2, 0) is 21.1 Å². The molecule has 0 saturated heterocycles. The van der Waals surface area contributed by atoms with Gasteiger partial charge in [-0.05, 0) is 31.9 Å². The molecule has 130 valence electrons. The molecule has 0 aliphatic carbocycles. The van der Waals surface area contributed by atoms with Gasteiger partial charge in [0.1, 0.15) is 19.4 Å². The minimum atomic E-state index is 0.226. The van der Waals surface area contributed by atoms with Crippen LogP contribution in [0.25, 0.3) is 0 Å². The third-order valence-electron chi connectivity index (χ3n) is 3.83. The molecule has 5 nitrogen and oxygen atoms in total. The number of hydrogen-bond donors (Lipinski definition) is 0. The van der Waals surface area contributed by atoms with Crippen LogP contribution in [-0.4, -0.2) is 24.8 Å². The number of oxime groups is 2. The molecule has 0 heterocycles. The van der Waals surface area contributed by atoms with Gasteiger partial charge in [0, 0.05) is 11.1 Å². The van der Waals surface area contributed by atoms with E-state index in [4.69, 9.17) is 9.68 Å². The highest BCUT2D eigenvalue weighted by Gasteiger charge is 2.12. The van der Waals surface area contributed by atoms with Crippen molar-refractivity contribution < 1.29 is 14.5 Å². The zero-order valence-corrected chi connectivity index (χ0v) is 14.9. The first-order chi connectivity index (χ1) is 12.1. The summed E-state index contributed by atoms with van der Waals surface area (Å²) in [6.07, 6.45) is 0.670. The molecule has 0 spiro atoms. The first kappa shape index (κ1) is 18.4. The second-order valence-corrected chi connectivity index (χ2v) is 5.70. The molecule has 0 N–H and O–H groups in total. The number of rotatable bonds is 7. The van der Waals surface area contributed by atoms with Crippen LogP contribution in [0.1, 0.15) is 34.7 Å². The second kappa shape index (κ2) is 8.78. The molecule has 2 rings (SSSR count). The van der Waals surface area contributed by atoms with Gasteiger partial charge in [-0.25, -0.2) is 0 Å². The van der Waals surface area contributed by atoms with Crippen molar-refractivity contribution in [3.63, 3.8) is 0 Å². The van der Waals surface area contributed by atoms with E-state index in [1.165, 1.54) is 12.7 Å². The average Bonchev–Trinajstić information content (AvgIpc) is 2.61. The van der Waals surface area contributed by atoms with Crippen LogP contribution >= 0.6 is 0 Å². The van der Waals surface area contributed by atoms with Crippen molar-refractivity contribution in [1.29, 1.82) is 0 Å². The summed E-state index contributed by atoms with van der Waals surface area (Å²) in [4.78, 5) is 21.6. The van der Waals surface area contributed by atoms with E-state index in [0.717, 1.165) is 22.4 Å². The normalized spacial score (nSPS) is 12.0. The Labute approximate surface area is 147 Å². The zero-order valence-electron chi connectivity index (χ0n) is 14.9. The molecule has 0 atom stereocenters. The summed E-state index contributed by atoms with van der Waals surface area (Å²) in [5.74, 6) is 0. The van der Waals surface area contributed by atoms with E-state index in [1.54, 1.807) is 0 Å². The molecule has 0 saturated carbocycles. The molecular weight excluding hydrogens is 316 g/mol. The summed E-state index contributed by atoms with van der Waals surface area (Å²) >= 11 is 0. The van der Waals surface area contributed by atoms with E-state index in [2.05, 4.69) is 16.4 Å². The number of hydrogen-bond acceptors (Lipinski definition) is 5. The fraction of sp³-hybridized carbons (Fsp3) is 0.250. The molecule has 0 unspecified atom stereocenters. The molecule has 25 heavy (non-hydrogen) atoms. The SMILES string of the molecule is CO/N=C(/C=O)c1cccc(C)c1CO/N=C(\C)c1cccc(C)c1. The molecule has 0 aliphatic heterocycles. The fourth-order valence-electron chi connectivity index (χ4n) is 2.48. The highest BCUT2D eigenvalue weighted by molar-refractivity contribution is 6.36. The first-order valence-electron chi connectivity index (χ1n) is 7.95. The van der Waals surface area contributed by atoms with Gasteiger partial charge in [-0.2, -0.15) is 0 Å². The Bertz CT molecular complexity index is 810. The summed E-state index contributed by atoms with van der Waals surface area (Å²) in [6, 6.07) is 13.7. The van der Waals surface area contributed by atoms with Crippen molar-refractivity contribution in [2.75, 3.05) is 7.11 Å². The van der Waals surface area contributed by atoms with Gasteiger partial charge < -0.3 is 9.68 Å². The van der Waals surface area contributed by atoms with Crippen molar-refractivity contribution in [3.05, 3.63) is 70.3 Å². The fourth-order valence-corrected chi connectivity index (χ4v) is 2.48. The van der Waals surface area contributed by atoms with E-state index >= 15 is 0 Å². The van der Waals surface area contributed by atoms with E-state index in [-0.39, 0.29) is 12.3 Å². The van der Waals surface area contributed by atoms with Crippen LogP contribution in [0.2, 0.25) is 0 Å². The monoisotopic (exact) mass is 338 g/mol. The van der Waals surface area contributed by atoms with Gasteiger partial charge in [-0.15, -0.1) is 0 Å². The Kier molecular flexibility index (Phi) is 6.46. The van der Waals surface area contributed by atoms with E-state index in [0.29, 0.717) is 11.8 Å². The lowest BCUT2D eigenvalue weighted by Crippen LogP contribution is -2.09. The second-order valence-electron chi connectivity index (χ2n) is 5.70. The van der Waals surface area contributed by atoms with Crippen LogP contribution in [0.3, 0.4) is 0 Å². The summed E-state index contributed by atoms with van der Waals surface area (Å²) in [7, 11) is 1.41. The molecule has 5 heteroatoms. The van der Waals surface area contributed by atoms with Crippen molar-refractivity contribution >= 4 is 17.7 Å². The maximum atomic E-state index is 11.3. The maximum absolute atomic E-state index is 11.3. The highest BCUT2D eigenvalue weighted by atomic mass is 16.6. The molecule has 0 radical (unpaired) electrons. The van der Waals surface area contributed by atoms with Gasteiger partial charge in [0.05, 0.1) is 5.71 Å². The maximum Gasteiger partial charge on any atom is 0.172 e. The smallest absolute Gasteiger partial charge is 0.172 e. The van der Waals surface area contributed by atoms with E-state index in [9.17, 15) is 4.79 Å². The lowest BCUT2D eigenvalue weighted by molar-refractivity contribution is -0.102. The van der Waals surface area contributed by atoms with Gasteiger partial charge in [0.15, 0.2) is 6.29 Å². The summed E-state index contributed by atoms with van der Waals surface area (Å²) in [5.41, 5.74) is 5.72. The third kappa shape index (κ3) is 4.76. The zero-order chi connectivity index (χ0) is 18.2. The Balaban J connectivity index is 2.22. The van der Waals surface area contributed by atoms with Crippen LogP contribution in [0.4, 0.5) is 0 Å². The molecule has 0 fully saturated rings. The third-order valence-corrected chi connectivity index (χ3v) is 3.83. The molecule has 2 aromatic carbocycles.